The van der Waals surface area contributed by atoms with Crippen molar-refractivity contribution in [2.24, 2.45) is 0 Å². The van der Waals surface area contributed by atoms with Crippen molar-refractivity contribution in [2.75, 3.05) is 20.3 Å². The molecular weight excluding hydrogens is 278 g/mol. The Morgan fingerprint density at radius 1 is 1.27 bits per heavy atom. The summed E-state index contributed by atoms with van der Waals surface area (Å²) in [6.45, 7) is 6.03. The van der Waals surface area contributed by atoms with Crippen molar-refractivity contribution in [1.29, 1.82) is 0 Å². The van der Waals surface area contributed by atoms with Gasteiger partial charge in [0.05, 0.1) is 31.5 Å². The first-order valence-corrected chi connectivity index (χ1v) is 7.58. The Kier molecular flexibility index (Phi) is 6.12. The van der Waals surface area contributed by atoms with Crippen molar-refractivity contribution in [3.63, 3.8) is 0 Å². The molecule has 0 radical (unpaired) electrons. The molecule has 22 heavy (non-hydrogen) atoms. The monoisotopic (exact) mass is 303 g/mol. The molecule has 5 nitrogen and oxygen atoms in total. The Balaban J connectivity index is 2.10. The summed E-state index contributed by atoms with van der Waals surface area (Å²) >= 11 is 0. The number of aliphatic hydroxyl groups excluding tert-OH is 1. The number of rotatable bonds is 8. The molecule has 1 unspecified atom stereocenters. The molecule has 1 heterocycles. The summed E-state index contributed by atoms with van der Waals surface area (Å²) < 4.78 is 7.20. The molecule has 2 aromatic rings. The summed E-state index contributed by atoms with van der Waals surface area (Å²) in [5.41, 5.74) is 4.50. The van der Waals surface area contributed by atoms with Crippen molar-refractivity contribution in [2.45, 2.75) is 33.0 Å². The highest BCUT2D eigenvalue weighted by Gasteiger charge is 2.15. The summed E-state index contributed by atoms with van der Waals surface area (Å²) in [4.78, 5) is 0. The highest BCUT2D eigenvalue weighted by atomic mass is 16.5. The zero-order valence-electron chi connectivity index (χ0n) is 13.5. The minimum Gasteiger partial charge on any atom is -0.394 e. The number of hydrogen-bond donors (Lipinski definition) is 2. The maximum Gasteiger partial charge on any atom is 0.0657 e. The Morgan fingerprint density at radius 2 is 2.00 bits per heavy atom. The van der Waals surface area contributed by atoms with Crippen molar-refractivity contribution in [3.8, 4) is 0 Å². The van der Waals surface area contributed by atoms with E-state index in [1.54, 1.807) is 7.11 Å². The molecule has 1 aromatic heterocycles. The molecule has 0 saturated carbocycles. The highest BCUT2D eigenvalue weighted by Crippen LogP contribution is 2.17. The van der Waals surface area contributed by atoms with Crippen LogP contribution in [0.1, 0.15) is 28.6 Å². The van der Waals surface area contributed by atoms with Gasteiger partial charge in [-0.05, 0) is 19.4 Å². The van der Waals surface area contributed by atoms with Crippen LogP contribution in [-0.4, -0.2) is 35.2 Å². The summed E-state index contributed by atoms with van der Waals surface area (Å²) in [6.07, 6.45) is 0. The molecule has 0 amide bonds. The summed E-state index contributed by atoms with van der Waals surface area (Å²) in [7, 11) is 1.72. The molecule has 1 aromatic carbocycles. The second-order valence-electron chi connectivity index (χ2n) is 5.40. The lowest BCUT2D eigenvalue weighted by Crippen LogP contribution is -2.25. The van der Waals surface area contributed by atoms with E-state index in [1.165, 1.54) is 11.1 Å². The van der Waals surface area contributed by atoms with Crippen LogP contribution >= 0.6 is 0 Å². The molecule has 0 saturated heterocycles. The van der Waals surface area contributed by atoms with Gasteiger partial charge in [0.25, 0.3) is 0 Å². The van der Waals surface area contributed by atoms with E-state index in [4.69, 9.17) is 9.84 Å². The van der Waals surface area contributed by atoms with Gasteiger partial charge in [0.2, 0.25) is 0 Å². The van der Waals surface area contributed by atoms with E-state index in [2.05, 4.69) is 22.5 Å². The van der Waals surface area contributed by atoms with Crippen LogP contribution in [0.2, 0.25) is 0 Å². The smallest absolute Gasteiger partial charge is 0.0657 e. The second-order valence-corrected chi connectivity index (χ2v) is 5.40. The number of nitrogens with zero attached hydrogens (tertiary/aromatic N) is 2. The summed E-state index contributed by atoms with van der Waals surface area (Å²) in [5.74, 6) is 0. The zero-order valence-corrected chi connectivity index (χ0v) is 13.5. The first-order valence-electron chi connectivity index (χ1n) is 7.58. The van der Waals surface area contributed by atoms with E-state index < -0.39 is 0 Å². The number of benzene rings is 1. The van der Waals surface area contributed by atoms with Gasteiger partial charge in [-0.2, -0.15) is 5.10 Å². The largest absolute Gasteiger partial charge is 0.394 e. The van der Waals surface area contributed by atoms with E-state index in [0.717, 1.165) is 17.9 Å². The number of ether oxygens (including phenoxy) is 1. The fourth-order valence-corrected chi connectivity index (χ4v) is 2.65. The van der Waals surface area contributed by atoms with E-state index in [0.29, 0.717) is 13.2 Å². The van der Waals surface area contributed by atoms with Crippen LogP contribution in [0, 0.1) is 13.8 Å². The van der Waals surface area contributed by atoms with E-state index in [9.17, 15) is 0 Å². The minimum atomic E-state index is 0.102. The van der Waals surface area contributed by atoms with Crippen LogP contribution in [0.4, 0.5) is 0 Å². The average molecular weight is 303 g/mol. The summed E-state index contributed by atoms with van der Waals surface area (Å²) in [6, 6.07) is 10.4. The van der Waals surface area contributed by atoms with Gasteiger partial charge >= 0.3 is 0 Å². The number of hydrogen-bond acceptors (Lipinski definition) is 4. The predicted octanol–water partition coefficient (Wildman–Crippen LogP) is 1.97. The van der Waals surface area contributed by atoms with Gasteiger partial charge in [-0.3, -0.25) is 4.68 Å². The third-order valence-electron chi connectivity index (χ3n) is 3.90. The third-order valence-corrected chi connectivity index (χ3v) is 3.90. The standard InChI is InChI=1S/C17H25N3O2/c1-13-16(14(2)20(19-13)9-10-21)11-18-17(12-22-3)15-7-5-4-6-8-15/h4-8,17-18,21H,9-12H2,1-3H3. The van der Waals surface area contributed by atoms with Crippen molar-refractivity contribution >= 4 is 0 Å². The zero-order chi connectivity index (χ0) is 15.9. The Bertz CT molecular complexity index is 581. The van der Waals surface area contributed by atoms with Crippen LogP contribution in [0.15, 0.2) is 30.3 Å². The van der Waals surface area contributed by atoms with Gasteiger partial charge in [-0.1, -0.05) is 30.3 Å². The number of nitrogens with one attached hydrogen (secondary N) is 1. The molecule has 0 spiro atoms. The van der Waals surface area contributed by atoms with Crippen LogP contribution in [0.25, 0.3) is 0 Å². The van der Waals surface area contributed by atoms with E-state index in [-0.39, 0.29) is 12.6 Å². The fourth-order valence-electron chi connectivity index (χ4n) is 2.65. The number of aliphatic hydroxyl groups is 1. The van der Waals surface area contributed by atoms with Crippen molar-refractivity contribution in [1.82, 2.24) is 15.1 Å². The van der Waals surface area contributed by atoms with Gasteiger partial charge < -0.3 is 15.2 Å². The van der Waals surface area contributed by atoms with E-state index >= 15 is 0 Å². The quantitative estimate of drug-likeness (QED) is 0.783. The van der Waals surface area contributed by atoms with Crippen molar-refractivity contribution < 1.29 is 9.84 Å². The first-order chi connectivity index (χ1) is 10.7. The average Bonchev–Trinajstić information content (AvgIpc) is 2.79. The van der Waals surface area contributed by atoms with Crippen LogP contribution in [-0.2, 0) is 17.8 Å². The molecule has 5 heteroatoms. The number of aromatic nitrogens is 2. The Hall–Kier alpha value is -1.69. The lowest BCUT2D eigenvalue weighted by atomic mass is 10.1. The minimum absolute atomic E-state index is 0.102. The highest BCUT2D eigenvalue weighted by molar-refractivity contribution is 5.25. The fraction of sp³-hybridized carbons (Fsp3) is 0.471. The molecule has 0 aliphatic rings. The molecule has 120 valence electrons. The summed E-state index contributed by atoms with van der Waals surface area (Å²) in [5, 5.41) is 17.1. The first kappa shape index (κ1) is 16.7. The SMILES string of the molecule is COCC(NCc1c(C)nn(CCO)c1C)c1ccccc1. The Morgan fingerprint density at radius 3 is 2.64 bits per heavy atom. The maximum atomic E-state index is 9.09. The van der Waals surface area contributed by atoms with Gasteiger partial charge in [-0.15, -0.1) is 0 Å². The molecule has 2 rings (SSSR count). The maximum absolute atomic E-state index is 9.09. The molecular formula is C17H25N3O2. The van der Waals surface area contributed by atoms with Crippen LogP contribution in [0.5, 0.6) is 0 Å². The molecule has 1 atom stereocenters. The van der Waals surface area contributed by atoms with Gasteiger partial charge in [0.15, 0.2) is 0 Å². The van der Waals surface area contributed by atoms with Crippen molar-refractivity contribution in [3.05, 3.63) is 52.8 Å². The molecule has 0 aliphatic carbocycles. The lowest BCUT2D eigenvalue weighted by molar-refractivity contribution is 0.166. The topological polar surface area (TPSA) is 59.3 Å². The normalized spacial score (nSPS) is 12.5. The Labute approximate surface area is 131 Å². The lowest BCUT2D eigenvalue weighted by Gasteiger charge is -2.18. The van der Waals surface area contributed by atoms with Gasteiger partial charge in [0, 0.05) is 24.9 Å². The molecule has 0 bridgehead atoms. The third kappa shape index (κ3) is 3.94. The van der Waals surface area contributed by atoms with Crippen LogP contribution in [0.3, 0.4) is 0 Å². The number of aryl methyl sites for hydroxylation is 1. The second kappa shape index (κ2) is 8.08. The van der Waals surface area contributed by atoms with E-state index in [1.807, 2.05) is 36.7 Å². The van der Waals surface area contributed by atoms with Gasteiger partial charge in [-0.25, -0.2) is 0 Å². The molecule has 0 aliphatic heterocycles. The predicted molar refractivity (Wildman–Crippen MR) is 86.7 cm³/mol. The molecule has 2 N–H and O–H groups in total. The van der Waals surface area contributed by atoms with Gasteiger partial charge in [0.1, 0.15) is 0 Å². The number of methoxy groups -OCH3 is 1. The van der Waals surface area contributed by atoms with Crippen LogP contribution < -0.4 is 5.32 Å². The molecule has 0 fully saturated rings.